The summed E-state index contributed by atoms with van der Waals surface area (Å²) in [4.78, 5) is 24.0. The number of carboxylic acid groups (broad SMARTS) is 1. The quantitative estimate of drug-likeness (QED) is 0.224. The lowest BCUT2D eigenvalue weighted by Gasteiger charge is -2.16. The van der Waals surface area contributed by atoms with Crippen molar-refractivity contribution in [1.29, 1.82) is 0 Å². The Morgan fingerprint density at radius 2 is 1.51 bits per heavy atom. The third-order valence-corrected chi connectivity index (χ3v) is 7.28. The molecular formula is C26H25ClF3N3O5S. The normalized spacial score (nSPS) is 12.5. The molecule has 39 heavy (non-hydrogen) atoms. The highest BCUT2D eigenvalue weighted by molar-refractivity contribution is 7.89. The minimum absolute atomic E-state index is 0.00872. The molecule has 0 aliphatic rings. The number of hydrogen-bond acceptors (Lipinski definition) is 5. The summed E-state index contributed by atoms with van der Waals surface area (Å²) >= 11 is 5.89. The van der Waals surface area contributed by atoms with Crippen LogP contribution in [0.4, 0.5) is 18.9 Å². The summed E-state index contributed by atoms with van der Waals surface area (Å²) in [5, 5.41) is 14.8. The molecule has 4 N–H and O–H groups in total. The molecule has 3 aromatic rings. The molecule has 13 heteroatoms. The number of hydrogen-bond donors (Lipinski definition) is 4. The number of aliphatic carboxylic acids is 1. The van der Waals surface area contributed by atoms with Gasteiger partial charge in [-0.2, -0.15) is 17.9 Å². The molecule has 0 radical (unpaired) electrons. The number of sulfonamides is 1. The van der Waals surface area contributed by atoms with E-state index in [1.54, 1.807) is 36.4 Å². The Labute approximate surface area is 228 Å². The minimum Gasteiger partial charge on any atom is -0.480 e. The number of carboxylic acids is 1. The van der Waals surface area contributed by atoms with Crippen LogP contribution >= 0.6 is 11.6 Å². The van der Waals surface area contributed by atoms with E-state index in [4.69, 9.17) is 11.6 Å². The van der Waals surface area contributed by atoms with Gasteiger partial charge in [0.25, 0.3) is 5.91 Å². The third kappa shape index (κ3) is 8.98. The van der Waals surface area contributed by atoms with E-state index in [-0.39, 0.29) is 35.5 Å². The Hall–Kier alpha value is -3.61. The minimum atomic E-state index is -4.47. The Balaban J connectivity index is 1.56. The maximum Gasteiger partial charge on any atom is 0.405 e. The number of anilines is 1. The van der Waals surface area contributed by atoms with Crippen molar-refractivity contribution in [2.24, 2.45) is 0 Å². The van der Waals surface area contributed by atoms with Crippen LogP contribution in [0.15, 0.2) is 77.7 Å². The number of amides is 1. The predicted molar refractivity (Wildman–Crippen MR) is 141 cm³/mol. The molecule has 0 aromatic heterocycles. The van der Waals surface area contributed by atoms with Crippen LogP contribution in [-0.4, -0.2) is 50.7 Å². The van der Waals surface area contributed by atoms with Crippen molar-refractivity contribution in [1.82, 2.24) is 10.0 Å². The summed E-state index contributed by atoms with van der Waals surface area (Å²) in [5.74, 6) is -2.06. The van der Waals surface area contributed by atoms with Gasteiger partial charge < -0.3 is 15.7 Å². The molecule has 0 heterocycles. The molecule has 0 saturated carbocycles. The first-order chi connectivity index (χ1) is 18.4. The molecule has 1 unspecified atom stereocenters. The molecule has 0 saturated heterocycles. The molecule has 0 aliphatic heterocycles. The first-order valence-electron chi connectivity index (χ1n) is 11.6. The molecule has 0 aliphatic carbocycles. The highest BCUT2D eigenvalue weighted by Gasteiger charge is 2.28. The smallest absolute Gasteiger partial charge is 0.405 e. The number of para-hydroxylation sites is 1. The van der Waals surface area contributed by atoms with Crippen molar-refractivity contribution in [3.05, 3.63) is 83.4 Å². The number of nitrogens with one attached hydrogen (secondary N) is 3. The molecule has 0 bridgehead atoms. The van der Waals surface area contributed by atoms with Crippen molar-refractivity contribution in [3.63, 3.8) is 0 Å². The second-order valence-electron chi connectivity index (χ2n) is 8.46. The summed E-state index contributed by atoms with van der Waals surface area (Å²) in [7, 11) is -4.17. The van der Waals surface area contributed by atoms with E-state index >= 15 is 0 Å². The molecule has 1 amide bonds. The van der Waals surface area contributed by atoms with Gasteiger partial charge in [-0.15, -0.1) is 0 Å². The Bertz CT molecular complexity index is 1400. The summed E-state index contributed by atoms with van der Waals surface area (Å²) in [5.41, 5.74) is 1.54. The van der Waals surface area contributed by atoms with Crippen LogP contribution in [0, 0.1) is 0 Å². The van der Waals surface area contributed by atoms with Gasteiger partial charge in [0.2, 0.25) is 10.0 Å². The van der Waals surface area contributed by atoms with Gasteiger partial charge in [0, 0.05) is 17.3 Å². The molecule has 3 rings (SSSR count). The van der Waals surface area contributed by atoms with Crippen LogP contribution in [0.1, 0.15) is 23.2 Å². The molecule has 1 atom stereocenters. The zero-order valence-corrected chi connectivity index (χ0v) is 21.9. The monoisotopic (exact) mass is 583 g/mol. The standard InChI is InChI=1S/C26H25ClF3N3O5S/c27-19-11-7-17(8-12-19)18-9-13-20(14-10-18)39(37,38)33-23(25(35)36)6-3-15-31-24(34)21-4-1-2-5-22(21)32-16-26(28,29)30/h1-2,4-5,7-14,23,32-33H,3,6,15-16H2,(H,31,34)(H,35,36). The van der Waals surface area contributed by atoms with Crippen molar-refractivity contribution >= 4 is 39.2 Å². The van der Waals surface area contributed by atoms with E-state index in [0.717, 1.165) is 11.1 Å². The largest absolute Gasteiger partial charge is 0.480 e. The Morgan fingerprint density at radius 1 is 0.923 bits per heavy atom. The van der Waals surface area contributed by atoms with E-state index in [9.17, 15) is 36.3 Å². The maximum absolute atomic E-state index is 12.8. The van der Waals surface area contributed by atoms with Gasteiger partial charge in [-0.3, -0.25) is 9.59 Å². The predicted octanol–water partition coefficient (Wildman–Crippen LogP) is 4.92. The lowest BCUT2D eigenvalue weighted by atomic mass is 10.1. The van der Waals surface area contributed by atoms with Crippen LogP contribution in [0.25, 0.3) is 11.1 Å². The molecule has 8 nitrogen and oxygen atoms in total. The average molecular weight is 584 g/mol. The highest BCUT2D eigenvalue weighted by atomic mass is 35.5. The first kappa shape index (κ1) is 29.9. The van der Waals surface area contributed by atoms with Crippen molar-refractivity contribution in [3.8, 4) is 11.1 Å². The highest BCUT2D eigenvalue weighted by Crippen LogP contribution is 2.23. The molecule has 0 fully saturated rings. The zero-order chi connectivity index (χ0) is 28.6. The van der Waals surface area contributed by atoms with E-state index in [0.29, 0.717) is 5.02 Å². The number of carbonyl (C=O) groups is 2. The summed E-state index contributed by atoms with van der Waals surface area (Å²) in [6.07, 6.45) is -4.54. The third-order valence-electron chi connectivity index (χ3n) is 5.54. The number of halogens is 4. The van der Waals surface area contributed by atoms with Gasteiger partial charge >= 0.3 is 12.1 Å². The fourth-order valence-corrected chi connectivity index (χ4v) is 4.94. The SMILES string of the molecule is O=C(NCCCC(NS(=O)(=O)c1ccc(-c2ccc(Cl)cc2)cc1)C(=O)O)c1ccccc1NCC(F)(F)F. The summed E-state index contributed by atoms with van der Waals surface area (Å²) in [6.45, 7) is -1.35. The molecule has 0 spiro atoms. The van der Waals surface area contributed by atoms with Gasteiger partial charge in [-0.25, -0.2) is 8.42 Å². The second-order valence-corrected chi connectivity index (χ2v) is 10.6. The van der Waals surface area contributed by atoms with Gasteiger partial charge in [-0.05, 0) is 60.4 Å². The number of rotatable bonds is 12. The molecule has 208 valence electrons. The van der Waals surface area contributed by atoms with Crippen LogP contribution in [-0.2, 0) is 14.8 Å². The van der Waals surface area contributed by atoms with Crippen LogP contribution < -0.4 is 15.4 Å². The van der Waals surface area contributed by atoms with Gasteiger partial charge in [-0.1, -0.05) is 48.0 Å². The number of benzene rings is 3. The van der Waals surface area contributed by atoms with Crippen LogP contribution in [0.3, 0.4) is 0 Å². The fourth-order valence-electron chi connectivity index (χ4n) is 3.59. The lowest BCUT2D eigenvalue weighted by Crippen LogP contribution is -2.41. The van der Waals surface area contributed by atoms with Crippen molar-refractivity contribution < 1.29 is 36.3 Å². The number of alkyl halides is 3. The van der Waals surface area contributed by atoms with Crippen molar-refractivity contribution in [2.75, 3.05) is 18.4 Å². The molecule has 3 aromatic carbocycles. The van der Waals surface area contributed by atoms with Gasteiger partial charge in [0.05, 0.1) is 10.5 Å². The first-order valence-corrected chi connectivity index (χ1v) is 13.5. The van der Waals surface area contributed by atoms with Crippen LogP contribution in [0.2, 0.25) is 5.02 Å². The van der Waals surface area contributed by atoms with E-state index in [1.807, 2.05) is 0 Å². The lowest BCUT2D eigenvalue weighted by molar-refractivity contribution is -0.139. The van der Waals surface area contributed by atoms with E-state index < -0.39 is 40.7 Å². The van der Waals surface area contributed by atoms with Gasteiger partial charge in [0.1, 0.15) is 12.6 Å². The maximum atomic E-state index is 12.8. The molecular weight excluding hydrogens is 559 g/mol. The topological polar surface area (TPSA) is 125 Å². The summed E-state index contributed by atoms with van der Waals surface area (Å²) < 4.78 is 65.3. The van der Waals surface area contributed by atoms with E-state index in [1.165, 1.54) is 36.4 Å². The Morgan fingerprint density at radius 3 is 2.10 bits per heavy atom. The van der Waals surface area contributed by atoms with Crippen LogP contribution in [0.5, 0.6) is 0 Å². The average Bonchev–Trinajstić information content (AvgIpc) is 2.89. The fraction of sp³-hybridized carbons (Fsp3) is 0.231. The zero-order valence-electron chi connectivity index (χ0n) is 20.3. The van der Waals surface area contributed by atoms with Crippen molar-refractivity contribution in [2.45, 2.75) is 30.0 Å². The number of carbonyl (C=O) groups excluding carboxylic acids is 1. The Kier molecular flexibility index (Phi) is 9.95. The summed E-state index contributed by atoms with van der Waals surface area (Å²) in [6, 6.07) is 17.0. The van der Waals surface area contributed by atoms with Gasteiger partial charge in [0.15, 0.2) is 0 Å². The second kappa shape index (κ2) is 13.0. The van der Waals surface area contributed by atoms with E-state index in [2.05, 4.69) is 15.4 Å².